The highest BCUT2D eigenvalue weighted by atomic mass is 32.2. The first kappa shape index (κ1) is 11.9. The van der Waals surface area contributed by atoms with E-state index in [9.17, 15) is 8.42 Å². The molecule has 0 aromatic rings. The summed E-state index contributed by atoms with van der Waals surface area (Å²) in [5.41, 5.74) is 0. The highest BCUT2D eigenvalue weighted by Gasteiger charge is 2.06. The van der Waals surface area contributed by atoms with Crippen LogP contribution in [0.1, 0.15) is 39.5 Å². The zero-order valence-corrected chi connectivity index (χ0v) is 8.78. The fourth-order valence-electron chi connectivity index (χ4n) is 0.811. The van der Waals surface area contributed by atoms with E-state index < -0.39 is 10.0 Å². The summed E-state index contributed by atoms with van der Waals surface area (Å²) in [5, 5.41) is 0. The fraction of sp³-hybridized carbons (Fsp3) is 1.00. The van der Waals surface area contributed by atoms with Crippen molar-refractivity contribution in [3.8, 4) is 0 Å². The molecule has 0 spiro atoms. The van der Waals surface area contributed by atoms with Crippen LogP contribution in [0.3, 0.4) is 0 Å². The monoisotopic (exact) mass is 193 g/mol. The summed E-state index contributed by atoms with van der Waals surface area (Å²) in [7, 11) is -2.97. The summed E-state index contributed by atoms with van der Waals surface area (Å²) in [4.78, 5) is 0. The lowest BCUT2D eigenvalue weighted by Crippen LogP contribution is -2.27. The van der Waals surface area contributed by atoms with Crippen molar-refractivity contribution >= 4 is 10.0 Å². The molecular weight excluding hydrogens is 174 g/mol. The maximum absolute atomic E-state index is 11.2. The maximum Gasteiger partial charge on any atom is 0.211 e. The Hall–Kier alpha value is -0.0900. The standard InChI is InChI=1S/C8H19NO2S/c1-3-5-7-9-12(10,11)8-6-4-2/h9H,3-8H2,1-2H3. The largest absolute Gasteiger partial charge is 0.215 e. The van der Waals surface area contributed by atoms with E-state index in [0.717, 1.165) is 25.7 Å². The number of hydrogen-bond acceptors (Lipinski definition) is 2. The van der Waals surface area contributed by atoms with Gasteiger partial charge in [-0.25, -0.2) is 13.1 Å². The lowest BCUT2D eigenvalue weighted by Gasteiger charge is -2.04. The van der Waals surface area contributed by atoms with Gasteiger partial charge in [-0.1, -0.05) is 26.7 Å². The predicted octanol–water partition coefficient (Wildman–Crippen LogP) is 1.51. The third-order valence-corrected chi connectivity index (χ3v) is 3.09. The van der Waals surface area contributed by atoms with E-state index in [1.807, 2.05) is 13.8 Å². The molecule has 12 heavy (non-hydrogen) atoms. The van der Waals surface area contributed by atoms with Crippen LogP contribution in [0.2, 0.25) is 0 Å². The van der Waals surface area contributed by atoms with E-state index in [0.29, 0.717) is 6.54 Å². The SMILES string of the molecule is CCCCNS(=O)(=O)CCCC. The molecule has 0 unspecified atom stereocenters. The minimum absolute atomic E-state index is 0.271. The summed E-state index contributed by atoms with van der Waals surface area (Å²) < 4.78 is 24.9. The van der Waals surface area contributed by atoms with E-state index in [-0.39, 0.29) is 5.75 Å². The Morgan fingerprint density at radius 3 is 2.17 bits per heavy atom. The van der Waals surface area contributed by atoms with Gasteiger partial charge in [-0.2, -0.15) is 0 Å². The molecule has 0 aromatic heterocycles. The molecule has 0 bridgehead atoms. The Kier molecular flexibility index (Phi) is 6.38. The van der Waals surface area contributed by atoms with Gasteiger partial charge in [-0.05, 0) is 12.8 Å². The van der Waals surface area contributed by atoms with Crippen molar-refractivity contribution in [3.63, 3.8) is 0 Å². The first-order chi connectivity index (χ1) is 5.62. The van der Waals surface area contributed by atoms with E-state index in [1.165, 1.54) is 0 Å². The summed E-state index contributed by atoms with van der Waals surface area (Å²) in [6.07, 6.45) is 3.62. The Morgan fingerprint density at radius 2 is 1.67 bits per heavy atom. The molecule has 0 saturated carbocycles. The first-order valence-electron chi connectivity index (χ1n) is 4.59. The van der Waals surface area contributed by atoms with Crippen LogP contribution in [0, 0.1) is 0 Å². The zero-order chi connectivity index (χ0) is 9.45. The zero-order valence-electron chi connectivity index (χ0n) is 7.97. The van der Waals surface area contributed by atoms with Gasteiger partial charge in [0.2, 0.25) is 10.0 Å². The first-order valence-corrected chi connectivity index (χ1v) is 6.25. The molecule has 1 N–H and O–H groups in total. The third-order valence-electron chi connectivity index (χ3n) is 1.62. The van der Waals surface area contributed by atoms with Crippen LogP contribution in [-0.4, -0.2) is 20.7 Å². The second-order valence-electron chi connectivity index (χ2n) is 2.92. The second-order valence-corrected chi connectivity index (χ2v) is 4.85. The molecule has 0 heterocycles. The van der Waals surface area contributed by atoms with Gasteiger partial charge in [0, 0.05) is 6.54 Å². The Labute approximate surface area is 75.6 Å². The Balaban J connectivity index is 3.58. The minimum Gasteiger partial charge on any atom is -0.215 e. The van der Waals surface area contributed by atoms with Gasteiger partial charge in [0.25, 0.3) is 0 Å². The fourth-order valence-corrected chi connectivity index (χ4v) is 2.08. The molecule has 0 fully saturated rings. The summed E-state index contributed by atoms with van der Waals surface area (Å²) in [6.45, 7) is 4.62. The average Bonchev–Trinajstić information content (AvgIpc) is 2.01. The van der Waals surface area contributed by atoms with Crippen molar-refractivity contribution in [2.75, 3.05) is 12.3 Å². The number of sulfonamides is 1. The van der Waals surface area contributed by atoms with Gasteiger partial charge in [-0.15, -0.1) is 0 Å². The van der Waals surface area contributed by atoms with Crippen molar-refractivity contribution in [1.82, 2.24) is 4.72 Å². The van der Waals surface area contributed by atoms with Crippen molar-refractivity contribution in [2.45, 2.75) is 39.5 Å². The minimum atomic E-state index is -2.97. The van der Waals surface area contributed by atoms with E-state index in [1.54, 1.807) is 0 Å². The van der Waals surface area contributed by atoms with E-state index in [2.05, 4.69) is 4.72 Å². The number of rotatable bonds is 7. The lowest BCUT2D eigenvalue weighted by molar-refractivity contribution is 0.575. The van der Waals surface area contributed by atoms with Crippen LogP contribution < -0.4 is 4.72 Å². The van der Waals surface area contributed by atoms with Gasteiger partial charge >= 0.3 is 0 Å². The van der Waals surface area contributed by atoms with Gasteiger partial charge in [0.15, 0.2) is 0 Å². The van der Waals surface area contributed by atoms with Crippen molar-refractivity contribution in [1.29, 1.82) is 0 Å². The lowest BCUT2D eigenvalue weighted by atomic mass is 10.3. The summed E-state index contributed by atoms with van der Waals surface area (Å²) >= 11 is 0. The van der Waals surface area contributed by atoms with Crippen LogP contribution in [0.4, 0.5) is 0 Å². The molecule has 0 aliphatic heterocycles. The van der Waals surface area contributed by atoms with Crippen molar-refractivity contribution < 1.29 is 8.42 Å². The molecule has 3 nitrogen and oxygen atoms in total. The third kappa shape index (κ3) is 6.61. The quantitative estimate of drug-likeness (QED) is 0.623. The van der Waals surface area contributed by atoms with Crippen molar-refractivity contribution in [2.24, 2.45) is 0 Å². The Bertz CT molecular complexity index is 187. The number of unbranched alkanes of at least 4 members (excludes halogenated alkanes) is 2. The summed E-state index contributed by atoms with van der Waals surface area (Å²) in [5.74, 6) is 0.271. The topological polar surface area (TPSA) is 46.2 Å². The smallest absolute Gasteiger partial charge is 0.211 e. The highest BCUT2D eigenvalue weighted by Crippen LogP contribution is 1.94. The molecule has 0 amide bonds. The van der Waals surface area contributed by atoms with E-state index in [4.69, 9.17) is 0 Å². The predicted molar refractivity (Wildman–Crippen MR) is 51.6 cm³/mol. The molecule has 0 aromatic carbocycles. The molecule has 0 aliphatic carbocycles. The van der Waals surface area contributed by atoms with Crippen LogP contribution in [-0.2, 0) is 10.0 Å². The van der Waals surface area contributed by atoms with Gasteiger partial charge in [-0.3, -0.25) is 0 Å². The molecule has 74 valence electrons. The molecular formula is C8H19NO2S. The van der Waals surface area contributed by atoms with Gasteiger partial charge in [0.1, 0.15) is 0 Å². The van der Waals surface area contributed by atoms with E-state index >= 15 is 0 Å². The van der Waals surface area contributed by atoms with Crippen LogP contribution in [0.15, 0.2) is 0 Å². The van der Waals surface area contributed by atoms with Crippen molar-refractivity contribution in [3.05, 3.63) is 0 Å². The highest BCUT2D eigenvalue weighted by molar-refractivity contribution is 7.89. The van der Waals surface area contributed by atoms with Gasteiger partial charge < -0.3 is 0 Å². The van der Waals surface area contributed by atoms with Gasteiger partial charge in [0.05, 0.1) is 5.75 Å². The Morgan fingerprint density at radius 1 is 1.08 bits per heavy atom. The van der Waals surface area contributed by atoms with Crippen LogP contribution in [0.25, 0.3) is 0 Å². The van der Waals surface area contributed by atoms with Crippen LogP contribution in [0.5, 0.6) is 0 Å². The average molecular weight is 193 g/mol. The molecule has 0 saturated heterocycles. The maximum atomic E-state index is 11.2. The molecule has 0 rings (SSSR count). The molecule has 0 aliphatic rings. The molecule has 0 atom stereocenters. The number of nitrogens with one attached hydrogen (secondary N) is 1. The second kappa shape index (κ2) is 6.43. The number of hydrogen-bond donors (Lipinski definition) is 1. The normalized spacial score (nSPS) is 11.8. The summed E-state index contributed by atoms with van der Waals surface area (Å²) in [6, 6.07) is 0. The molecule has 0 radical (unpaired) electrons. The van der Waals surface area contributed by atoms with Crippen LogP contribution >= 0.6 is 0 Å². The molecule has 4 heteroatoms.